The first-order chi connectivity index (χ1) is 12.6. The average molecular weight is 358 g/mol. The molecular formula is C17H22N6O3. The Kier molecular flexibility index (Phi) is 4.64. The van der Waals surface area contributed by atoms with Crippen molar-refractivity contribution in [1.82, 2.24) is 29.9 Å². The number of likely N-dealkylation sites (tertiary alicyclic amines) is 1. The molecule has 4 rings (SSSR count). The first-order valence-corrected chi connectivity index (χ1v) is 8.84. The minimum absolute atomic E-state index is 0.0877. The number of ether oxygens (including phenoxy) is 1. The Morgan fingerprint density at radius 2 is 1.96 bits per heavy atom. The largest absolute Gasteiger partial charge is 0.372 e. The van der Waals surface area contributed by atoms with Gasteiger partial charge in [0.2, 0.25) is 17.6 Å². The zero-order valence-corrected chi connectivity index (χ0v) is 14.9. The molecule has 2 aromatic rings. The van der Waals surface area contributed by atoms with Crippen LogP contribution in [0.15, 0.2) is 23.1 Å². The van der Waals surface area contributed by atoms with Crippen molar-refractivity contribution in [2.24, 2.45) is 0 Å². The van der Waals surface area contributed by atoms with E-state index in [-0.39, 0.29) is 24.0 Å². The van der Waals surface area contributed by atoms with Crippen LogP contribution in [0.5, 0.6) is 0 Å². The van der Waals surface area contributed by atoms with E-state index in [1.54, 1.807) is 18.6 Å². The fourth-order valence-corrected chi connectivity index (χ4v) is 3.45. The topological polar surface area (TPSA) is 97.5 Å². The van der Waals surface area contributed by atoms with Crippen LogP contribution >= 0.6 is 0 Å². The zero-order chi connectivity index (χ0) is 18.1. The molecule has 0 aliphatic carbocycles. The molecule has 0 saturated carbocycles. The molecule has 4 heterocycles. The molecule has 2 fully saturated rings. The molecule has 2 atom stereocenters. The van der Waals surface area contributed by atoms with Gasteiger partial charge in [0.1, 0.15) is 5.69 Å². The molecule has 0 radical (unpaired) electrons. The van der Waals surface area contributed by atoms with Crippen molar-refractivity contribution in [3.8, 4) is 11.5 Å². The third-order valence-electron chi connectivity index (χ3n) is 4.67. The van der Waals surface area contributed by atoms with Crippen LogP contribution < -0.4 is 0 Å². The third-order valence-corrected chi connectivity index (χ3v) is 4.67. The number of carbonyl (C=O) groups is 1. The van der Waals surface area contributed by atoms with Crippen LogP contribution in [-0.2, 0) is 9.53 Å². The molecule has 0 spiro atoms. The lowest BCUT2D eigenvalue weighted by atomic mass is 10.00. The normalized spacial score (nSPS) is 24.5. The van der Waals surface area contributed by atoms with E-state index in [4.69, 9.17) is 9.26 Å². The van der Waals surface area contributed by atoms with E-state index in [1.165, 1.54) is 0 Å². The van der Waals surface area contributed by atoms with Crippen molar-refractivity contribution < 1.29 is 14.1 Å². The van der Waals surface area contributed by atoms with E-state index in [0.29, 0.717) is 37.0 Å². The summed E-state index contributed by atoms with van der Waals surface area (Å²) in [5.74, 6) is 1.33. The van der Waals surface area contributed by atoms with Crippen molar-refractivity contribution in [3.63, 3.8) is 0 Å². The number of carbonyl (C=O) groups excluding carboxylic acids is 1. The average Bonchev–Trinajstić information content (AvgIpc) is 3.07. The molecule has 2 aromatic heterocycles. The van der Waals surface area contributed by atoms with E-state index < -0.39 is 0 Å². The van der Waals surface area contributed by atoms with Gasteiger partial charge in [-0.1, -0.05) is 5.16 Å². The van der Waals surface area contributed by atoms with Crippen LogP contribution in [0, 0.1) is 0 Å². The van der Waals surface area contributed by atoms with E-state index in [2.05, 4.69) is 25.0 Å². The summed E-state index contributed by atoms with van der Waals surface area (Å²) in [5, 5.41) is 3.97. The second-order valence-electron chi connectivity index (χ2n) is 6.99. The van der Waals surface area contributed by atoms with Crippen LogP contribution in [0.25, 0.3) is 11.5 Å². The van der Waals surface area contributed by atoms with Crippen molar-refractivity contribution in [2.75, 3.05) is 32.7 Å². The first-order valence-electron chi connectivity index (χ1n) is 8.84. The fourth-order valence-electron chi connectivity index (χ4n) is 3.45. The molecule has 0 aromatic carbocycles. The lowest BCUT2D eigenvalue weighted by molar-refractivity contribution is -0.145. The highest BCUT2D eigenvalue weighted by atomic mass is 16.5. The van der Waals surface area contributed by atoms with Gasteiger partial charge in [0.05, 0.1) is 30.9 Å². The smallest absolute Gasteiger partial charge is 0.236 e. The number of hydrogen-bond acceptors (Lipinski definition) is 8. The van der Waals surface area contributed by atoms with Gasteiger partial charge in [-0.3, -0.25) is 14.7 Å². The van der Waals surface area contributed by atoms with Gasteiger partial charge < -0.3 is 14.2 Å². The number of aromatic nitrogens is 4. The molecule has 2 aliphatic rings. The van der Waals surface area contributed by atoms with Crippen LogP contribution in [0.3, 0.4) is 0 Å². The SMILES string of the molecule is CC1CN(C(=O)CN2CC(c3nc(-c4cnccn4)no3)C2)CC(C)O1. The fraction of sp³-hybridized carbons (Fsp3) is 0.588. The standard InChI is InChI=1S/C17H22N6O3/c1-11-6-23(7-12(2)25-11)15(24)10-22-8-13(9-22)17-20-16(21-26-17)14-5-18-3-4-19-14/h3-5,11-13H,6-10H2,1-2H3. The van der Waals surface area contributed by atoms with Crippen LogP contribution in [-0.4, -0.2) is 80.7 Å². The highest BCUT2D eigenvalue weighted by Gasteiger charge is 2.35. The quantitative estimate of drug-likeness (QED) is 0.782. The highest BCUT2D eigenvalue weighted by Crippen LogP contribution is 2.27. The van der Waals surface area contributed by atoms with E-state index >= 15 is 0 Å². The Bertz CT molecular complexity index is 751. The third kappa shape index (κ3) is 3.58. The van der Waals surface area contributed by atoms with Gasteiger partial charge in [-0.2, -0.15) is 4.98 Å². The van der Waals surface area contributed by atoms with Gasteiger partial charge in [-0.05, 0) is 13.8 Å². The predicted molar refractivity (Wildman–Crippen MR) is 91.1 cm³/mol. The first kappa shape index (κ1) is 17.0. The van der Waals surface area contributed by atoms with Gasteiger partial charge in [-0.25, -0.2) is 4.98 Å². The van der Waals surface area contributed by atoms with Crippen molar-refractivity contribution in [1.29, 1.82) is 0 Å². The molecule has 2 unspecified atom stereocenters. The van der Waals surface area contributed by atoms with Crippen molar-refractivity contribution >= 4 is 5.91 Å². The van der Waals surface area contributed by atoms with Gasteiger partial charge in [-0.15, -0.1) is 0 Å². The Morgan fingerprint density at radius 3 is 2.65 bits per heavy atom. The van der Waals surface area contributed by atoms with Gasteiger partial charge >= 0.3 is 0 Å². The molecule has 0 bridgehead atoms. The summed E-state index contributed by atoms with van der Waals surface area (Å²) in [7, 11) is 0. The minimum Gasteiger partial charge on any atom is -0.372 e. The summed E-state index contributed by atoms with van der Waals surface area (Å²) in [4.78, 5) is 29.1. The summed E-state index contributed by atoms with van der Waals surface area (Å²) in [6, 6.07) is 0. The Hall–Kier alpha value is -2.39. The molecule has 138 valence electrons. The van der Waals surface area contributed by atoms with Gasteiger partial charge in [0.25, 0.3) is 0 Å². The summed E-state index contributed by atoms with van der Waals surface area (Å²) < 4.78 is 11.0. The number of hydrogen-bond donors (Lipinski definition) is 0. The van der Waals surface area contributed by atoms with E-state index in [0.717, 1.165) is 13.1 Å². The van der Waals surface area contributed by atoms with Crippen LogP contribution in [0.4, 0.5) is 0 Å². The maximum atomic E-state index is 12.5. The van der Waals surface area contributed by atoms with Crippen molar-refractivity contribution in [3.05, 3.63) is 24.5 Å². The minimum atomic E-state index is 0.0877. The van der Waals surface area contributed by atoms with Crippen molar-refractivity contribution in [2.45, 2.75) is 32.0 Å². The summed E-state index contributed by atoms with van der Waals surface area (Å²) in [6.07, 6.45) is 4.97. The highest BCUT2D eigenvalue weighted by molar-refractivity contribution is 5.78. The Labute approximate surface area is 151 Å². The van der Waals surface area contributed by atoms with E-state index in [1.807, 2.05) is 18.7 Å². The monoisotopic (exact) mass is 358 g/mol. The maximum absolute atomic E-state index is 12.5. The van der Waals surface area contributed by atoms with Crippen LogP contribution in [0.2, 0.25) is 0 Å². The predicted octanol–water partition coefficient (Wildman–Crippen LogP) is 0.562. The van der Waals surface area contributed by atoms with Gasteiger partial charge in [0.15, 0.2) is 0 Å². The Morgan fingerprint density at radius 1 is 1.19 bits per heavy atom. The number of amides is 1. The lowest BCUT2D eigenvalue weighted by Gasteiger charge is -2.40. The second kappa shape index (κ2) is 7.08. The lowest BCUT2D eigenvalue weighted by Crippen LogP contribution is -2.54. The Balaban J connectivity index is 1.29. The molecule has 1 amide bonds. The molecule has 9 heteroatoms. The summed E-state index contributed by atoms with van der Waals surface area (Å²) in [5.41, 5.74) is 0.587. The summed E-state index contributed by atoms with van der Waals surface area (Å²) in [6.45, 7) is 7.21. The number of morpholine rings is 1. The molecule has 9 nitrogen and oxygen atoms in total. The summed E-state index contributed by atoms with van der Waals surface area (Å²) >= 11 is 0. The van der Waals surface area contributed by atoms with E-state index in [9.17, 15) is 4.79 Å². The molecule has 0 N–H and O–H groups in total. The molecule has 2 saturated heterocycles. The number of rotatable bonds is 4. The number of nitrogens with zero attached hydrogens (tertiary/aromatic N) is 6. The van der Waals surface area contributed by atoms with Gasteiger partial charge in [0, 0.05) is 38.6 Å². The maximum Gasteiger partial charge on any atom is 0.236 e. The molecule has 2 aliphatic heterocycles. The van der Waals surface area contributed by atoms with Crippen LogP contribution in [0.1, 0.15) is 25.7 Å². The zero-order valence-electron chi connectivity index (χ0n) is 14.9. The molecular weight excluding hydrogens is 336 g/mol. The molecule has 26 heavy (non-hydrogen) atoms. The second-order valence-corrected chi connectivity index (χ2v) is 6.99.